The lowest BCUT2D eigenvalue weighted by atomic mass is 9.99. The summed E-state index contributed by atoms with van der Waals surface area (Å²) in [5.74, 6) is 0.0680. The molecule has 0 heterocycles. The van der Waals surface area contributed by atoms with E-state index in [0.29, 0.717) is 6.61 Å². The Morgan fingerprint density at radius 2 is 1.74 bits per heavy atom. The quantitative estimate of drug-likeness (QED) is 0.723. The first-order valence-corrected chi connectivity index (χ1v) is 8.86. The molecule has 108 valence electrons. The molecule has 3 nitrogen and oxygen atoms in total. The maximum atomic E-state index is 11.2. The Hall–Kier alpha value is -0.580. The molecule has 1 aromatic carbocycles. The van der Waals surface area contributed by atoms with Gasteiger partial charge in [0.15, 0.2) is 0 Å². The van der Waals surface area contributed by atoms with Crippen LogP contribution in [-0.4, -0.2) is 20.8 Å². The van der Waals surface area contributed by atoms with Crippen molar-refractivity contribution in [3.63, 3.8) is 0 Å². The summed E-state index contributed by atoms with van der Waals surface area (Å²) in [6, 6.07) is 9.85. The predicted octanol–water partition coefficient (Wildman–Crippen LogP) is 3.61. The van der Waals surface area contributed by atoms with Gasteiger partial charge in [-0.1, -0.05) is 44.2 Å². The van der Waals surface area contributed by atoms with Crippen molar-refractivity contribution in [3.8, 4) is 0 Å². The van der Waals surface area contributed by atoms with Gasteiger partial charge in [0, 0.05) is 10.7 Å². The van der Waals surface area contributed by atoms with E-state index in [4.69, 9.17) is 15.4 Å². The molecule has 0 aliphatic heterocycles. The fourth-order valence-electron chi connectivity index (χ4n) is 1.78. The minimum absolute atomic E-state index is 0.0479. The summed E-state index contributed by atoms with van der Waals surface area (Å²) in [4.78, 5) is 0. The monoisotopic (exact) mass is 304 g/mol. The molecule has 19 heavy (non-hydrogen) atoms. The smallest absolute Gasteiger partial charge is 0.232 e. The fraction of sp³-hybridized carbons (Fsp3) is 0.571. The molecule has 0 aliphatic carbocycles. The third-order valence-electron chi connectivity index (χ3n) is 3.19. The highest BCUT2D eigenvalue weighted by Gasteiger charge is 2.21. The van der Waals surface area contributed by atoms with Crippen molar-refractivity contribution in [2.45, 2.75) is 26.9 Å². The van der Waals surface area contributed by atoms with E-state index in [1.807, 2.05) is 51.1 Å². The van der Waals surface area contributed by atoms with Crippen molar-refractivity contribution in [2.75, 3.05) is 12.4 Å². The van der Waals surface area contributed by atoms with Crippen LogP contribution in [0.4, 0.5) is 0 Å². The topological polar surface area (TPSA) is 43.4 Å². The Labute approximate surface area is 120 Å². The normalized spacial score (nSPS) is 15.4. The molecule has 0 bridgehead atoms. The third kappa shape index (κ3) is 6.41. The molecule has 0 fully saturated rings. The van der Waals surface area contributed by atoms with Crippen LogP contribution in [-0.2, 0) is 13.8 Å². The maximum Gasteiger partial charge on any atom is 0.232 e. The Kier molecular flexibility index (Phi) is 6.30. The first kappa shape index (κ1) is 16.5. The molecule has 0 aliphatic rings. The van der Waals surface area contributed by atoms with Crippen molar-refractivity contribution in [1.82, 2.24) is 0 Å². The molecule has 2 unspecified atom stereocenters. The van der Waals surface area contributed by atoms with Crippen molar-refractivity contribution >= 4 is 19.7 Å². The van der Waals surface area contributed by atoms with Gasteiger partial charge in [-0.2, -0.15) is 0 Å². The first-order chi connectivity index (χ1) is 8.79. The number of rotatable bonds is 7. The molecule has 0 saturated carbocycles. The fourth-order valence-corrected chi connectivity index (χ4v) is 3.25. The average Bonchev–Trinajstić information content (AvgIpc) is 2.33. The molecule has 1 aromatic rings. The van der Waals surface area contributed by atoms with Gasteiger partial charge in [-0.3, -0.25) is 0 Å². The SMILES string of the molecule is CC(OCC(CS(=O)(=O)Cl)C(C)C)c1ccccc1. The minimum atomic E-state index is -3.49. The summed E-state index contributed by atoms with van der Waals surface area (Å²) in [7, 11) is 1.83. The highest BCUT2D eigenvalue weighted by molar-refractivity contribution is 8.13. The predicted molar refractivity (Wildman–Crippen MR) is 78.8 cm³/mol. The maximum absolute atomic E-state index is 11.2. The number of halogens is 1. The van der Waals surface area contributed by atoms with E-state index in [2.05, 4.69) is 0 Å². The summed E-state index contributed by atoms with van der Waals surface area (Å²) < 4.78 is 28.1. The first-order valence-electron chi connectivity index (χ1n) is 6.38. The molecule has 0 spiro atoms. The molecule has 0 amide bonds. The van der Waals surface area contributed by atoms with Crippen molar-refractivity contribution < 1.29 is 13.2 Å². The molecule has 2 atom stereocenters. The number of hydrogen-bond acceptors (Lipinski definition) is 3. The third-order valence-corrected chi connectivity index (χ3v) is 4.39. The molecule has 0 radical (unpaired) electrons. The molecule has 0 N–H and O–H groups in total. The van der Waals surface area contributed by atoms with E-state index >= 15 is 0 Å². The van der Waals surface area contributed by atoms with E-state index in [-0.39, 0.29) is 23.7 Å². The number of hydrogen-bond donors (Lipinski definition) is 0. The van der Waals surface area contributed by atoms with Gasteiger partial charge < -0.3 is 4.74 Å². The van der Waals surface area contributed by atoms with Crippen LogP contribution in [0.15, 0.2) is 30.3 Å². The van der Waals surface area contributed by atoms with E-state index in [1.165, 1.54) is 0 Å². The van der Waals surface area contributed by atoms with Gasteiger partial charge in [-0.15, -0.1) is 0 Å². The van der Waals surface area contributed by atoms with Gasteiger partial charge in [0.1, 0.15) is 0 Å². The second-order valence-electron chi connectivity index (χ2n) is 5.10. The molecule has 0 saturated heterocycles. The highest BCUT2D eigenvalue weighted by atomic mass is 35.7. The van der Waals surface area contributed by atoms with Crippen LogP contribution in [0, 0.1) is 11.8 Å². The molecule has 1 rings (SSSR count). The number of ether oxygens (including phenoxy) is 1. The molecular weight excluding hydrogens is 284 g/mol. The Bertz CT molecular complexity index is 471. The summed E-state index contributed by atoms with van der Waals surface area (Å²) in [6.45, 7) is 6.30. The Morgan fingerprint density at radius 3 is 2.21 bits per heavy atom. The van der Waals surface area contributed by atoms with Gasteiger partial charge in [0.25, 0.3) is 0 Å². The largest absolute Gasteiger partial charge is 0.373 e. The molecule has 5 heteroatoms. The van der Waals surface area contributed by atoms with E-state index < -0.39 is 9.05 Å². The van der Waals surface area contributed by atoms with Gasteiger partial charge in [0.2, 0.25) is 9.05 Å². The zero-order chi connectivity index (χ0) is 14.5. The van der Waals surface area contributed by atoms with Crippen molar-refractivity contribution in [2.24, 2.45) is 11.8 Å². The Balaban J connectivity index is 2.57. The lowest BCUT2D eigenvalue weighted by Crippen LogP contribution is -2.23. The van der Waals surface area contributed by atoms with Crippen LogP contribution in [0.3, 0.4) is 0 Å². The lowest BCUT2D eigenvalue weighted by molar-refractivity contribution is 0.0338. The summed E-state index contributed by atoms with van der Waals surface area (Å²) in [5, 5.41) is 0. The van der Waals surface area contributed by atoms with E-state index in [0.717, 1.165) is 5.56 Å². The highest BCUT2D eigenvalue weighted by Crippen LogP contribution is 2.21. The minimum Gasteiger partial charge on any atom is -0.373 e. The van der Waals surface area contributed by atoms with E-state index in [1.54, 1.807) is 0 Å². The van der Waals surface area contributed by atoms with Crippen LogP contribution >= 0.6 is 10.7 Å². The summed E-state index contributed by atoms with van der Waals surface area (Å²) >= 11 is 0. The summed E-state index contributed by atoms with van der Waals surface area (Å²) in [6.07, 6.45) is -0.0551. The van der Waals surface area contributed by atoms with Gasteiger partial charge in [0.05, 0.1) is 18.5 Å². The average molecular weight is 305 g/mol. The van der Waals surface area contributed by atoms with E-state index in [9.17, 15) is 8.42 Å². The van der Waals surface area contributed by atoms with Gasteiger partial charge in [-0.05, 0) is 24.3 Å². The van der Waals surface area contributed by atoms with Crippen LogP contribution in [0.5, 0.6) is 0 Å². The number of benzene rings is 1. The van der Waals surface area contributed by atoms with Crippen LogP contribution < -0.4 is 0 Å². The van der Waals surface area contributed by atoms with Crippen LogP contribution in [0.2, 0.25) is 0 Å². The zero-order valence-electron chi connectivity index (χ0n) is 11.5. The van der Waals surface area contributed by atoms with Crippen LogP contribution in [0.25, 0.3) is 0 Å². The molecule has 0 aromatic heterocycles. The lowest BCUT2D eigenvalue weighted by Gasteiger charge is -2.22. The zero-order valence-corrected chi connectivity index (χ0v) is 13.1. The second kappa shape index (κ2) is 7.27. The standard InChI is InChI=1S/C14H21ClO3S/c1-11(2)14(10-19(15,16)17)9-18-12(3)13-7-5-4-6-8-13/h4-8,11-12,14H,9-10H2,1-3H3. The van der Waals surface area contributed by atoms with Gasteiger partial charge >= 0.3 is 0 Å². The van der Waals surface area contributed by atoms with Crippen molar-refractivity contribution in [3.05, 3.63) is 35.9 Å². The van der Waals surface area contributed by atoms with Crippen molar-refractivity contribution in [1.29, 1.82) is 0 Å². The Morgan fingerprint density at radius 1 is 1.16 bits per heavy atom. The summed E-state index contributed by atoms with van der Waals surface area (Å²) in [5.41, 5.74) is 1.08. The van der Waals surface area contributed by atoms with Crippen LogP contribution in [0.1, 0.15) is 32.4 Å². The molecular formula is C14H21ClO3S. The van der Waals surface area contributed by atoms with Gasteiger partial charge in [-0.25, -0.2) is 8.42 Å². The second-order valence-corrected chi connectivity index (χ2v) is 7.92.